The van der Waals surface area contributed by atoms with Gasteiger partial charge in [0.25, 0.3) is 0 Å². The van der Waals surface area contributed by atoms with Gasteiger partial charge >= 0.3 is 0 Å². The molecule has 4 heteroatoms. The average molecular weight is 310 g/mol. The van der Waals surface area contributed by atoms with Gasteiger partial charge in [0.1, 0.15) is 0 Å². The van der Waals surface area contributed by atoms with Gasteiger partial charge in [0.2, 0.25) is 0 Å². The molecule has 2 aliphatic carbocycles. The van der Waals surface area contributed by atoms with Gasteiger partial charge in [-0.2, -0.15) is 5.10 Å². The van der Waals surface area contributed by atoms with Crippen molar-refractivity contribution in [2.45, 2.75) is 58.4 Å². The molecule has 2 saturated carbocycles. The second-order valence-electron chi connectivity index (χ2n) is 6.94. The lowest BCUT2D eigenvalue weighted by Crippen LogP contribution is -2.38. The van der Waals surface area contributed by atoms with Gasteiger partial charge in [0.15, 0.2) is 0 Å². The van der Waals surface area contributed by atoms with Gasteiger partial charge < -0.3 is 5.32 Å². The molecular formula is C17H28ClN3. The van der Waals surface area contributed by atoms with Gasteiger partial charge in [0, 0.05) is 19.5 Å². The van der Waals surface area contributed by atoms with Crippen LogP contribution in [0.15, 0.2) is 0 Å². The smallest absolute Gasteiger partial charge is 0.0850 e. The Labute approximate surface area is 133 Å². The Morgan fingerprint density at radius 1 is 1.29 bits per heavy atom. The van der Waals surface area contributed by atoms with E-state index in [1.165, 1.54) is 31.4 Å². The number of aryl methyl sites for hydroxylation is 2. The van der Waals surface area contributed by atoms with Crippen LogP contribution < -0.4 is 5.32 Å². The molecule has 1 N–H and O–H groups in total. The number of fused-ring (bicyclic) bond motifs is 1. The van der Waals surface area contributed by atoms with Crippen LogP contribution in [0.25, 0.3) is 0 Å². The molecule has 3 atom stereocenters. The van der Waals surface area contributed by atoms with E-state index in [2.05, 4.69) is 24.3 Å². The second kappa shape index (κ2) is 6.29. The van der Waals surface area contributed by atoms with Crippen LogP contribution in [0.1, 0.15) is 50.9 Å². The summed E-state index contributed by atoms with van der Waals surface area (Å²) in [5.74, 6) is 2.90. The predicted octanol–water partition coefficient (Wildman–Crippen LogP) is 3.59. The molecule has 3 rings (SSSR count). The van der Waals surface area contributed by atoms with Gasteiger partial charge in [0.05, 0.1) is 16.4 Å². The molecule has 21 heavy (non-hydrogen) atoms. The predicted molar refractivity (Wildman–Crippen MR) is 87.7 cm³/mol. The van der Waals surface area contributed by atoms with Crippen molar-refractivity contribution < 1.29 is 0 Å². The third-order valence-corrected chi connectivity index (χ3v) is 5.86. The Morgan fingerprint density at radius 2 is 2.00 bits per heavy atom. The van der Waals surface area contributed by atoms with Crippen molar-refractivity contribution in [2.75, 3.05) is 6.54 Å². The molecule has 0 bridgehead atoms. The maximum Gasteiger partial charge on any atom is 0.0850 e. The minimum absolute atomic E-state index is 0.565. The Bertz CT molecular complexity index is 486. The van der Waals surface area contributed by atoms with Gasteiger partial charge in [-0.15, -0.1) is 0 Å². The fraction of sp³-hybridized carbons (Fsp3) is 0.824. The fourth-order valence-corrected chi connectivity index (χ4v) is 4.45. The molecule has 0 aromatic carbocycles. The van der Waals surface area contributed by atoms with Gasteiger partial charge in [-0.3, -0.25) is 4.68 Å². The maximum atomic E-state index is 6.54. The van der Waals surface area contributed by atoms with Crippen LogP contribution in [0.4, 0.5) is 0 Å². The number of nitrogens with zero attached hydrogens (tertiary/aromatic N) is 2. The molecule has 0 amide bonds. The Hall–Kier alpha value is -0.540. The molecular weight excluding hydrogens is 282 g/mol. The summed E-state index contributed by atoms with van der Waals surface area (Å²) >= 11 is 6.54. The van der Waals surface area contributed by atoms with E-state index in [1.807, 2.05) is 11.7 Å². The lowest BCUT2D eigenvalue weighted by Gasteiger charge is -2.26. The molecule has 1 aromatic rings. The summed E-state index contributed by atoms with van der Waals surface area (Å²) < 4.78 is 2.00. The van der Waals surface area contributed by atoms with E-state index in [0.717, 1.165) is 47.9 Å². The van der Waals surface area contributed by atoms with E-state index in [4.69, 9.17) is 11.6 Å². The molecule has 0 aliphatic heterocycles. The second-order valence-corrected chi connectivity index (χ2v) is 7.31. The molecule has 0 radical (unpaired) electrons. The van der Waals surface area contributed by atoms with E-state index in [1.54, 1.807) is 0 Å². The molecule has 3 nitrogen and oxygen atoms in total. The summed E-state index contributed by atoms with van der Waals surface area (Å²) in [6.07, 6.45) is 7.45. The highest BCUT2D eigenvalue weighted by Crippen LogP contribution is 2.55. The molecule has 0 saturated heterocycles. The first-order valence-corrected chi connectivity index (χ1v) is 8.95. The van der Waals surface area contributed by atoms with Crippen molar-refractivity contribution >= 4 is 11.6 Å². The van der Waals surface area contributed by atoms with E-state index < -0.39 is 0 Å². The van der Waals surface area contributed by atoms with Crippen molar-refractivity contribution in [1.29, 1.82) is 0 Å². The molecule has 1 heterocycles. The topological polar surface area (TPSA) is 29.9 Å². The van der Waals surface area contributed by atoms with E-state index >= 15 is 0 Å². The normalized spacial score (nSPS) is 28.7. The fourth-order valence-electron chi connectivity index (χ4n) is 4.08. The summed E-state index contributed by atoms with van der Waals surface area (Å²) in [6.45, 7) is 5.46. The molecule has 2 aliphatic rings. The molecule has 118 valence electrons. The van der Waals surface area contributed by atoms with Crippen LogP contribution in [-0.4, -0.2) is 22.4 Å². The summed E-state index contributed by atoms with van der Waals surface area (Å²) in [6, 6.07) is 0.565. The average Bonchev–Trinajstić information content (AvgIpc) is 2.99. The van der Waals surface area contributed by atoms with Gasteiger partial charge in [-0.25, -0.2) is 0 Å². The lowest BCUT2D eigenvalue weighted by molar-refractivity contribution is 0.328. The third-order valence-electron chi connectivity index (χ3n) is 5.42. The number of hydrogen-bond donors (Lipinski definition) is 1. The zero-order chi connectivity index (χ0) is 15.0. The molecule has 3 unspecified atom stereocenters. The first-order valence-electron chi connectivity index (χ1n) is 8.57. The Balaban J connectivity index is 1.72. The van der Waals surface area contributed by atoms with Gasteiger partial charge in [-0.05, 0) is 56.4 Å². The first kappa shape index (κ1) is 15.4. The summed E-state index contributed by atoms with van der Waals surface area (Å²) in [4.78, 5) is 0. The number of nitrogens with one attached hydrogen (secondary N) is 1. The van der Waals surface area contributed by atoms with Crippen LogP contribution in [0, 0.1) is 17.8 Å². The lowest BCUT2D eigenvalue weighted by atomic mass is 9.91. The number of halogens is 1. The Morgan fingerprint density at radius 3 is 2.57 bits per heavy atom. The highest BCUT2D eigenvalue weighted by molar-refractivity contribution is 6.31. The van der Waals surface area contributed by atoms with Crippen molar-refractivity contribution in [2.24, 2.45) is 24.8 Å². The van der Waals surface area contributed by atoms with Crippen molar-refractivity contribution in [3.05, 3.63) is 16.4 Å². The minimum atomic E-state index is 0.565. The monoisotopic (exact) mass is 309 g/mol. The van der Waals surface area contributed by atoms with E-state index in [-0.39, 0.29) is 0 Å². The zero-order valence-corrected chi connectivity index (χ0v) is 14.3. The van der Waals surface area contributed by atoms with E-state index in [9.17, 15) is 0 Å². The minimum Gasteiger partial charge on any atom is -0.313 e. The van der Waals surface area contributed by atoms with E-state index in [0.29, 0.717) is 6.04 Å². The maximum absolute atomic E-state index is 6.54. The van der Waals surface area contributed by atoms with Crippen LogP contribution >= 0.6 is 11.6 Å². The number of aromatic nitrogens is 2. The van der Waals surface area contributed by atoms with Crippen LogP contribution in [0.2, 0.25) is 5.02 Å². The van der Waals surface area contributed by atoms with Crippen LogP contribution in [-0.2, 0) is 19.9 Å². The summed E-state index contributed by atoms with van der Waals surface area (Å²) in [5, 5.41) is 9.25. The van der Waals surface area contributed by atoms with Crippen molar-refractivity contribution in [3.63, 3.8) is 0 Å². The van der Waals surface area contributed by atoms with Crippen LogP contribution in [0.3, 0.4) is 0 Å². The molecule has 2 fully saturated rings. The highest BCUT2D eigenvalue weighted by Gasteiger charge is 2.47. The van der Waals surface area contributed by atoms with Crippen molar-refractivity contribution in [1.82, 2.24) is 15.1 Å². The molecule has 0 spiro atoms. The van der Waals surface area contributed by atoms with Crippen molar-refractivity contribution in [3.8, 4) is 0 Å². The third kappa shape index (κ3) is 3.14. The SMILES string of the molecule is CCCNC(Cc1c(Cl)c(CC)nn1C)C1CC2CC2C1. The Kier molecular flexibility index (Phi) is 4.60. The molecule has 1 aromatic heterocycles. The number of hydrogen-bond acceptors (Lipinski definition) is 2. The van der Waals surface area contributed by atoms with Crippen LogP contribution in [0.5, 0.6) is 0 Å². The summed E-state index contributed by atoms with van der Waals surface area (Å²) in [7, 11) is 2.03. The quantitative estimate of drug-likeness (QED) is 0.834. The zero-order valence-electron chi connectivity index (χ0n) is 13.5. The standard InChI is InChI=1S/C17H28ClN3/c1-4-6-19-15(13-8-11-7-12(11)9-13)10-16-17(18)14(5-2)20-21(16)3/h11-13,15,19H,4-10H2,1-3H3. The first-order chi connectivity index (χ1) is 10.1. The number of rotatable bonds is 7. The summed E-state index contributed by atoms with van der Waals surface area (Å²) in [5.41, 5.74) is 2.25. The largest absolute Gasteiger partial charge is 0.313 e. The highest BCUT2D eigenvalue weighted by atomic mass is 35.5. The van der Waals surface area contributed by atoms with Gasteiger partial charge in [-0.1, -0.05) is 25.4 Å².